The van der Waals surface area contributed by atoms with Crippen LogP contribution < -0.4 is 20.1 Å². The first kappa shape index (κ1) is 23.2. The molecule has 8 nitrogen and oxygen atoms in total. The summed E-state index contributed by atoms with van der Waals surface area (Å²) in [6.07, 6.45) is 0. The van der Waals surface area contributed by atoms with E-state index in [2.05, 4.69) is 16.7 Å². The number of aromatic nitrogens is 3. The average Bonchev–Trinajstić information content (AvgIpc) is 3.31. The Labute approximate surface area is 209 Å². The van der Waals surface area contributed by atoms with Crippen molar-refractivity contribution >= 4 is 17.5 Å². The maximum Gasteiger partial charge on any atom is 0.255 e. The number of allylic oxidation sites excluding steroid dienone is 1. The molecule has 36 heavy (non-hydrogen) atoms. The van der Waals surface area contributed by atoms with Crippen molar-refractivity contribution in [1.82, 2.24) is 14.8 Å². The van der Waals surface area contributed by atoms with Crippen LogP contribution in [0.5, 0.6) is 11.5 Å². The topological polar surface area (TPSA) is 90.3 Å². The quantitative estimate of drug-likeness (QED) is 0.394. The molecular formula is C28H27N5O3. The fourth-order valence-electron chi connectivity index (χ4n) is 4.39. The standard InChI is InChI=1S/C28H27N5O3/c1-17-8-7-9-20(16-17)25-24(27(34)30-22-10-5-6-11-23(22)36-4)18(2)29-28-31-26(32-33(25)28)19-12-14-21(35-3)15-13-19/h5-16,25H,1-4H3,(H,30,34)(H,29,31,32). The molecule has 2 N–H and O–H groups in total. The number of hydrogen-bond acceptors (Lipinski definition) is 6. The van der Waals surface area contributed by atoms with Gasteiger partial charge in [-0.25, -0.2) is 4.68 Å². The first-order chi connectivity index (χ1) is 17.5. The number of ether oxygens (including phenoxy) is 2. The second-order valence-corrected chi connectivity index (χ2v) is 8.57. The minimum absolute atomic E-state index is 0.247. The molecule has 0 saturated heterocycles. The molecule has 3 aromatic carbocycles. The summed E-state index contributed by atoms with van der Waals surface area (Å²) in [5.41, 5.74) is 4.72. The van der Waals surface area contributed by atoms with Gasteiger partial charge < -0.3 is 20.1 Å². The predicted molar refractivity (Wildman–Crippen MR) is 139 cm³/mol. The van der Waals surface area contributed by atoms with Gasteiger partial charge in [-0.15, -0.1) is 5.10 Å². The van der Waals surface area contributed by atoms with Gasteiger partial charge in [0.25, 0.3) is 5.91 Å². The Morgan fingerprint density at radius 3 is 2.47 bits per heavy atom. The van der Waals surface area contributed by atoms with E-state index in [0.717, 1.165) is 22.4 Å². The van der Waals surface area contributed by atoms with E-state index < -0.39 is 6.04 Å². The monoisotopic (exact) mass is 481 g/mol. The van der Waals surface area contributed by atoms with E-state index >= 15 is 0 Å². The molecule has 0 fully saturated rings. The molecule has 2 heterocycles. The van der Waals surface area contributed by atoms with Gasteiger partial charge in [-0.2, -0.15) is 4.98 Å². The van der Waals surface area contributed by atoms with Crippen LogP contribution in [0.4, 0.5) is 11.6 Å². The molecule has 0 radical (unpaired) electrons. The van der Waals surface area contributed by atoms with Crippen LogP contribution in [0.1, 0.15) is 24.1 Å². The lowest BCUT2D eigenvalue weighted by atomic mass is 9.94. The summed E-state index contributed by atoms with van der Waals surface area (Å²) in [6.45, 7) is 3.91. The van der Waals surface area contributed by atoms with Crippen LogP contribution in [0, 0.1) is 6.92 Å². The van der Waals surface area contributed by atoms with Crippen LogP contribution in [-0.4, -0.2) is 34.9 Å². The van der Waals surface area contributed by atoms with E-state index in [1.165, 1.54) is 0 Å². The largest absolute Gasteiger partial charge is 0.497 e. The Morgan fingerprint density at radius 2 is 1.75 bits per heavy atom. The fraction of sp³-hybridized carbons (Fsp3) is 0.179. The molecule has 182 valence electrons. The minimum atomic E-state index is -0.477. The van der Waals surface area contributed by atoms with E-state index in [1.807, 2.05) is 80.6 Å². The number of aryl methyl sites for hydroxylation is 1. The zero-order chi connectivity index (χ0) is 25.2. The zero-order valence-electron chi connectivity index (χ0n) is 20.6. The van der Waals surface area contributed by atoms with Crippen LogP contribution >= 0.6 is 0 Å². The van der Waals surface area contributed by atoms with Crippen molar-refractivity contribution in [2.24, 2.45) is 0 Å². The fourth-order valence-corrected chi connectivity index (χ4v) is 4.39. The Kier molecular flexibility index (Phi) is 6.16. The lowest BCUT2D eigenvalue weighted by Gasteiger charge is -2.29. The van der Waals surface area contributed by atoms with Crippen LogP contribution in [0.3, 0.4) is 0 Å². The van der Waals surface area contributed by atoms with Crippen molar-refractivity contribution in [3.63, 3.8) is 0 Å². The molecule has 1 aliphatic rings. The number of nitrogens with zero attached hydrogens (tertiary/aromatic N) is 3. The van der Waals surface area contributed by atoms with Crippen molar-refractivity contribution in [3.05, 3.63) is 95.2 Å². The zero-order valence-corrected chi connectivity index (χ0v) is 20.6. The summed E-state index contributed by atoms with van der Waals surface area (Å²) in [5, 5.41) is 11.1. The summed E-state index contributed by atoms with van der Waals surface area (Å²) in [4.78, 5) is 18.5. The smallest absolute Gasteiger partial charge is 0.255 e. The molecule has 0 spiro atoms. The van der Waals surface area contributed by atoms with Crippen molar-refractivity contribution in [3.8, 4) is 22.9 Å². The second-order valence-electron chi connectivity index (χ2n) is 8.57. The van der Waals surface area contributed by atoms with Crippen LogP contribution in [0.15, 0.2) is 84.1 Å². The number of fused-ring (bicyclic) bond motifs is 1. The highest BCUT2D eigenvalue weighted by atomic mass is 16.5. The molecule has 4 aromatic rings. The first-order valence-electron chi connectivity index (χ1n) is 11.6. The number of nitrogens with one attached hydrogen (secondary N) is 2. The lowest BCUT2D eigenvalue weighted by molar-refractivity contribution is -0.113. The molecule has 0 saturated carbocycles. The number of carbonyl (C=O) groups excluding carboxylic acids is 1. The van der Waals surface area contributed by atoms with Crippen LogP contribution in [0.25, 0.3) is 11.4 Å². The third kappa shape index (κ3) is 4.29. The molecule has 0 bridgehead atoms. The summed E-state index contributed by atoms with van der Waals surface area (Å²) in [7, 11) is 3.21. The van der Waals surface area contributed by atoms with Gasteiger partial charge in [0.2, 0.25) is 5.95 Å². The third-order valence-corrected chi connectivity index (χ3v) is 6.16. The number of hydrogen-bond donors (Lipinski definition) is 2. The molecule has 1 aromatic heterocycles. The third-order valence-electron chi connectivity index (χ3n) is 6.16. The Morgan fingerprint density at radius 1 is 0.972 bits per heavy atom. The normalized spacial score (nSPS) is 14.6. The van der Waals surface area contributed by atoms with Crippen LogP contribution in [0.2, 0.25) is 0 Å². The maximum absolute atomic E-state index is 13.7. The van der Waals surface area contributed by atoms with Crippen LogP contribution in [-0.2, 0) is 4.79 Å². The van der Waals surface area contributed by atoms with E-state index in [0.29, 0.717) is 34.5 Å². The highest BCUT2D eigenvalue weighted by molar-refractivity contribution is 6.06. The summed E-state index contributed by atoms with van der Waals surface area (Å²) < 4.78 is 12.5. The number of rotatable bonds is 6. The number of benzene rings is 3. The first-order valence-corrected chi connectivity index (χ1v) is 11.6. The van der Waals surface area contributed by atoms with Gasteiger partial charge >= 0.3 is 0 Å². The number of para-hydroxylation sites is 2. The van der Waals surface area contributed by atoms with Gasteiger partial charge in [0.1, 0.15) is 17.5 Å². The predicted octanol–water partition coefficient (Wildman–Crippen LogP) is 5.20. The van der Waals surface area contributed by atoms with Gasteiger partial charge in [0.05, 0.1) is 25.5 Å². The minimum Gasteiger partial charge on any atom is -0.497 e. The van der Waals surface area contributed by atoms with E-state index in [4.69, 9.17) is 19.6 Å². The van der Waals surface area contributed by atoms with Crippen molar-refractivity contribution in [2.45, 2.75) is 19.9 Å². The molecule has 8 heteroatoms. The van der Waals surface area contributed by atoms with E-state index in [9.17, 15) is 4.79 Å². The number of anilines is 2. The summed E-state index contributed by atoms with van der Waals surface area (Å²) in [6, 6.07) is 22.5. The summed E-state index contributed by atoms with van der Waals surface area (Å²) >= 11 is 0. The number of amides is 1. The van der Waals surface area contributed by atoms with Gasteiger partial charge in [0.15, 0.2) is 5.82 Å². The number of methoxy groups -OCH3 is 2. The molecule has 1 aliphatic heterocycles. The van der Waals surface area contributed by atoms with Gasteiger partial charge in [-0.1, -0.05) is 42.0 Å². The van der Waals surface area contributed by atoms with Crippen molar-refractivity contribution < 1.29 is 14.3 Å². The Hall–Kier alpha value is -4.59. The highest BCUT2D eigenvalue weighted by Gasteiger charge is 2.34. The molecule has 0 aliphatic carbocycles. The van der Waals surface area contributed by atoms with E-state index in [-0.39, 0.29) is 5.91 Å². The summed E-state index contributed by atoms with van der Waals surface area (Å²) in [5.74, 6) is 2.22. The lowest BCUT2D eigenvalue weighted by Crippen LogP contribution is -2.31. The molecule has 1 atom stereocenters. The van der Waals surface area contributed by atoms with Gasteiger partial charge in [-0.05, 0) is 55.8 Å². The molecule has 1 unspecified atom stereocenters. The van der Waals surface area contributed by atoms with E-state index in [1.54, 1.807) is 18.9 Å². The van der Waals surface area contributed by atoms with Crippen molar-refractivity contribution in [1.29, 1.82) is 0 Å². The van der Waals surface area contributed by atoms with Gasteiger partial charge in [-0.3, -0.25) is 4.79 Å². The molecule has 5 rings (SSSR count). The van der Waals surface area contributed by atoms with Gasteiger partial charge in [0, 0.05) is 11.3 Å². The SMILES string of the molecule is COc1ccc(-c2nc3n(n2)C(c2cccc(C)c2)C(C(=O)Nc2ccccc2OC)=C(C)N3)cc1. The second kappa shape index (κ2) is 9.58. The Bertz CT molecular complexity index is 1460. The molecule has 1 amide bonds. The van der Waals surface area contributed by atoms with Crippen molar-refractivity contribution in [2.75, 3.05) is 24.9 Å². The Balaban J connectivity index is 1.59. The highest BCUT2D eigenvalue weighted by Crippen LogP contribution is 2.37. The molecular weight excluding hydrogens is 454 g/mol. The number of carbonyl (C=O) groups is 1. The maximum atomic E-state index is 13.7. The average molecular weight is 482 g/mol.